The third-order valence-corrected chi connectivity index (χ3v) is 3.51. The van der Waals surface area contributed by atoms with Crippen LogP contribution in [-0.4, -0.2) is 37.5 Å². The Morgan fingerprint density at radius 1 is 1.35 bits per heavy atom. The van der Waals surface area contributed by atoms with E-state index in [-0.39, 0.29) is 11.9 Å². The first-order chi connectivity index (χ1) is 9.54. The molecule has 108 valence electrons. The normalized spacial score (nSPS) is 10.6. The number of carbonyl (C=O) groups is 2. The van der Waals surface area contributed by atoms with E-state index in [1.54, 1.807) is 18.0 Å². The van der Waals surface area contributed by atoms with Crippen LogP contribution in [0, 0.1) is 0 Å². The summed E-state index contributed by atoms with van der Waals surface area (Å²) in [5.41, 5.74) is 0.948. The van der Waals surface area contributed by atoms with Crippen LogP contribution >= 0.6 is 15.9 Å². The van der Waals surface area contributed by atoms with Gasteiger partial charge in [0.05, 0.1) is 7.11 Å². The van der Waals surface area contributed by atoms with Crippen LogP contribution in [-0.2, 0) is 14.3 Å². The number of amides is 1. The molecule has 4 nitrogen and oxygen atoms in total. The highest BCUT2D eigenvalue weighted by Crippen LogP contribution is 2.17. The fourth-order valence-electron chi connectivity index (χ4n) is 1.57. The summed E-state index contributed by atoms with van der Waals surface area (Å²) in [6.45, 7) is 0.522. The van der Waals surface area contributed by atoms with E-state index in [1.807, 2.05) is 24.3 Å². The second-order valence-corrected chi connectivity index (χ2v) is 5.15. The van der Waals surface area contributed by atoms with Crippen molar-refractivity contribution in [3.63, 3.8) is 0 Å². The Morgan fingerprint density at radius 3 is 2.70 bits per heavy atom. The molecule has 1 rings (SSSR count). The molecule has 20 heavy (non-hydrogen) atoms. The van der Waals surface area contributed by atoms with Crippen molar-refractivity contribution in [2.45, 2.75) is 12.8 Å². The van der Waals surface area contributed by atoms with Crippen LogP contribution in [0.1, 0.15) is 18.4 Å². The first-order valence-corrected chi connectivity index (χ1v) is 7.08. The van der Waals surface area contributed by atoms with Gasteiger partial charge in [0.25, 0.3) is 0 Å². The maximum absolute atomic E-state index is 11.9. The summed E-state index contributed by atoms with van der Waals surface area (Å²) in [6.07, 6.45) is 4.21. The van der Waals surface area contributed by atoms with E-state index < -0.39 is 0 Å². The molecule has 0 fully saturated rings. The van der Waals surface area contributed by atoms with Gasteiger partial charge in [0.15, 0.2) is 0 Å². The zero-order valence-electron chi connectivity index (χ0n) is 11.6. The number of methoxy groups -OCH3 is 1. The fraction of sp³-hybridized carbons (Fsp3) is 0.333. The molecular weight excluding hydrogens is 322 g/mol. The third kappa shape index (κ3) is 5.57. The van der Waals surface area contributed by atoms with Crippen LogP contribution in [0.4, 0.5) is 0 Å². The molecule has 0 atom stereocenters. The fourth-order valence-corrected chi connectivity index (χ4v) is 1.99. The van der Waals surface area contributed by atoms with Crippen molar-refractivity contribution < 1.29 is 14.3 Å². The molecule has 0 aliphatic carbocycles. The highest BCUT2D eigenvalue weighted by molar-refractivity contribution is 9.10. The predicted molar refractivity (Wildman–Crippen MR) is 82.1 cm³/mol. The highest BCUT2D eigenvalue weighted by Gasteiger charge is 2.06. The zero-order chi connectivity index (χ0) is 15.0. The molecule has 0 heterocycles. The molecule has 1 amide bonds. The van der Waals surface area contributed by atoms with Crippen molar-refractivity contribution >= 4 is 33.9 Å². The van der Waals surface area contributed by atoms with E-state index in [4.69, 9.17) is 0 Å². The molecule has 0 saturated carbocycles. The number of esters is 1. The van der Waals surface area contributed by atoms with E-state index in [0.717, 1.165) is 10.0 Å². The van der Waals surface area contributed by atoms with Crippen LogP contribution in [0.5, 0.6) is 0 Å². The molecule has 1 aromatic rings. The monoisotopic (exact) mass is 339 g/mol. The lowest BCUT2D eigenvalue weighted by Crippen LogP contribution is -2.26. The molecule has 0 N–H and O–H groups in total. The zero-order valence-corrected chi connectivity index (χ0v) is 13.2. The van der Waals surface area contributed by atoms with Gasteiger partial charge in [-0.1, -0.05) is 34.1 Å². The van der Waals surface area contributed by atoms with Crippen molar-refractivity contribution in [2.24, 2.45) is 0 Å². The minimum Gasteiger partial charge on any atom is -0.469 e. The molecule has 1 aromatic carbocycles. The number of ether oxygens (including phenoxy) is 1. The SMILES string of the molecule is COC(=O)CCCN(C)C(=O)C=Cc1ccccc1Br. The number of hydrogen-bond donors (Lipinski definition) is 0. The third-order valence-electron chi connectivity index (χ3n) is 2.79. The summed E-state index contributed by atoms with van der Waals surface area (Å²) >= 11 is 3.42. The van der Waals surface area contributed by atoms with Crippen molar-refractivity contribution in [3.05, 3.63) is 40.4 Å². The smallest absolute Gasteiger partial charge is 0.305 e. The number of nitrogens with zero attached hydrogens (tertiary/aromatic N) is 1. The van der Waals surface area contributed by atoms with Gasteiger partial charge in [-0.25, -0.2) is 0 Å². The largest absolute Gasteiger partial charge is 0.469 e. The second-order valence-electron chi connectivity index (χ2n) is 4.29. The summed E-state index contributed by atoms with van der Waals surface area (Å²) < 4.78 is 5.49. The van der Waals surface area contributed by atoms with E-state index >= 15 is 0 Å². The molecule has 0 unspecified atom stereocenters. The lowest BCUT2D eigenvalue weighted by atomic mass is 10.2. The van der Waals surface area contributed by atoms with Crippen molar-refractivity contribution in [2.75, 3.05) is 20.7 Å². The van der Waals surface area contributed by atoms with E-state index in [2.05, 4.69) is 20.7 Å². The lowest BCUT2D eigenvalue weighted by Gasteiger charge is -2.14. The number of benzene rings is 1. The molecular formula is C15H18BrNO3. The van der Waals surface area contributed by atoms with Gasteiger partial charge in [-0.15, -0.1) is 0 Å². The quantitative estimate of drug-likeness (QED) is 0.591. The van der Waals surface area contributed by atoms with Gasteiger partial charge in [-0.3, -0.25) is 9.59 Å². The van der Waals surface area contributed by atoms with Gasteiger partial charge in [-0.05, 0) is 24.1 Å². The molecule has 0 aliphatic heterocycles. The first-order valence-electron chi connectivity index (χ1n) is 6.29. The second kappa shape index (κ2) is 8.53. The summed E-state index contributed by atoms with van der Waals surface area (Å²) in [4.78, 5) is 24.4. The van der Waals surface area contributed by atoms with Gasteiger partial charge in [-0.2, -0.15) is 0 Å². The number of hydrogen-bond acceptors (Lipinski definition) is 3. The lowest BCUT2D eigenvalue weighted by molar-refractivity contribution is -0.141. The molecule has 0 bridgehead atoms. The van der Waals surface area contributed by atoms with Crippen LogP contribution in [0.3, 0.4) is 0 Å². The Bertz CT molecular complexity index is 500. The Morgan fingerprint density at radius 2 is 2.05 bits per heavy atom. The Labute approximate surface area is 127 Å². The molecule has 0 saturated heterocycles. The van der Waals surface area contributed by atoms with E-state index in [9.17, 15) is 9.59 Å². The summed E-state index contributed by atoms with van der Waals surface area (Å²) in [5.74, 6) is -0.347. The van der Waals surface area contributed by atoms with Gasteiger partial charge in [0.1, 0.15) is 0 Å². The van der Waals surface area contributed by atoms with Crippen LogP contribution in [0.15, 0.2) is 34.8 Å². The Balaban J connectivity index is 2.46. The molecule has 5 heteroatoms. The minimum absolute atomic E-state index is 0.0920. The van der Waals surface area contributed by atoms with Gasteiger partial charge in [0.2, 0.25) is 5.91 Å². The Kier molecular flexibility index (Phi) is 7.01. The van der Waals surface area contributed by atoms with Crippen molar-refractivity contribution in [1.29, 1.82) is 0 Å². The van der Waals surface area contributed by atoms with E-state index in [1.165, 1.54) is 13.2 Å². The van der Waals surface area contributed by atoms with E-state index in [0.29, 0.717) is 19.4 Å². The minimum atomic E-state index is -0.255. The number of likely N-dealkylation sites (N-methyl/N-ethyl adjacent to an activating group) is 1. The van der Waals surface area contributed by atoms with Crippen LogP contribution in [0.2, 0.25) is 0 Å². The summed E-state index contributed by atoms with van der Waals surface area (Å²) in [7, 11) is 3.07. The van der Waals surface area contributed by atoms with Gasteiger partial charge in [0, 0.05) is 30.6 Å². The predicted octanol–water partition coefficient (Wildman–Crippen LogP) is 2.87. The topological polar surface area (TPSA) is 46.6 Å². The Hall–Kier alpha value is -1.62. The molecule has 0 aliphatic rings. The first kappa shape index (κ1) is 16.4. The van der Waals surface area contributed by atoms with Crippen molar-refractivity contribution in [1.82, 2.24) is 4.90 Å². The average molecular weight is 340 g/mol. The molecule has 0 spiro atoms. The molecule has 0 aromatic heterocycles. The van der Waals surface area contributed by atoms with Crippen LogP contribution < -0.4 is 0 Å². The van der Waals surface area contributed by atoms with Crippen LogP contribution in [0.25, 0.3) is 6.08 Å². The summed E-state index contributed by atoms with van der Waals surface area (Å²) in [6, 6.07) is 7.67. The van der Waals surface area contributed by atoms with Gasteiger partial charge >= 0.3 is 5.97 Å². The standard InChI is InChI=1S/C15H18BrNO3/c1-17(11-5-8-15(19)20-2)14(18)10-9-12-6-3-4-7-13(12)16/h3-4,6-7,9-10H,5,8,11H2,1-2H3. The average Bonchev–Trinajstić information content (AvgIpc) is 2.45. The molecule has 0 radical (unpaired) electrons. The van der Waals surface area contributed by atoms with Gasteiger partial charge < -0.3 is 9.64 Å². The summed E-state index contributed by atoms with van der Waals surface area (Å²) in [5, 5.41) is 0. The van der Waals surface area contributed by atoms with Crippen molar-refractivity contribution in [3.8, 4) is 0 Å². The maximum atomic E-state index is 11.9. The number of carbonyl (C=O) groups excluding carboxylic acids is 2. The highest BCUT2D eigenvalue weighted by atomic mass is 79.9. The maximum Gasteiger partial charge on any atom is 0.305 e. The number of halogens is 1. The number of rotatable bonds is 6.